The Bertz CT molecular complexity index is 525. The van der Waals surface area contributed by atoms with Crippen LogP contribution in [0.5, 0.6) is 0 Å². The predicted molar refractivity (Wildman–Crippen MR) is 66.4 cm³/mol. The summed E-state index contributed by atoms with van der Waals surface area (Å²) in [5, 5.41) is 2.72. The fourth-order valence-corrected chi connectivity index (χ4v) is 2.42. The molecular formula is C11H15F3N2O2S. The van der Waals surface area contributed by atoms with Gasteiger partial charge in [0, 0.05) is 12.6 Å². The molecular weight excluding hydrogens is 281 g/mol. The van der Waals surface area contributed by atoms with Crippen molar-refractivity contribution in [2.75, 3.05) is 11.9 Å². The molecule has 0 fully saturated rings. The maximum absolute atomic E-state index is 12.6. The lowest BCUT2D eigenvalue weighted by atomic mass is 10.2. The Morgan fingerprint density at radius 3 is 2.37 bits per heavy atom. The van der Waals surface area contributed by atoms with Gasteiger partial charge in [0.2, 0.25) is 0 Å². The SMILES string of the molecule is CCC(CN)Nc1ccccc1S(=O)(=O)C(F)(F)F. The first-order valence-corrected chi connectivity index (χ1v) is 7.09. The summed E-state index contributed by atoms with van der Waals surface area (Å²) in [6.07, 6.45) is 0.566. The molecule has 1 unspecified atom stereocenters. The van der Waals surface area contributed by atoms with E-state index in [1.807, 2.05) is 0 Å². The van der Waals surface area contributed by atoms with Gasteiger partial charge in [0.1, 0.15) is 0 Å². The van der Waals surface area contributed by atoms with Gasteiger partial charge in [-0.3, -0.25) is 0 Å². The first-order chi connectivity index (χ1) is 8.74. The fourth-order valence-electron chi connectivity index (χ4n) is 1.49. The number of alkyl halides is 3. The highest BCUT2D eigenvalue weighted by molar-refractivity contribution is 7.92. The number of para-hydroxylation sites is 1. The van der Waals surface area contributed by atoms with E-state index in [1.54, 1.807) is 6.92 Å². The zero-order chi connectivity index (χ0) is 14.7. The quantitative estimate of drug-likeness (QED) is 0.873. The first-order valence-electron chi connectivity index (χ1n) is 5.61. The monoisotopic (exact) mass is 296 g/mol. The van der Waals surface area contributed by atoms with Crippen LogP contribution in [0.15, 0.2) is 29.2 Å². The molecule has 0 aliphatic carbocycles. The minimum Gasteiger partial charge on any atom is -0.380 e. The van der Waals surface area contributed by atoms with Gasteiger partial charge in [0.15, 0.2) is 0 Å². The van der Waals surface area contributed by atoms with Crippen molar-refractivity contribution in [1.82, 2.24) is 0 Å². The standard InChI is InChI=1S/C11H15F3N2O2S/c1-2-8(7-15)16-9-5-3-4-6-10(9)19(17,18)11(12,13)14/h3-6,8,16H,2,7,15H2,1H3. The van der Waals surface area contributed by atoms with E-state index in [0.717, 1.165) is 6.07 Å². The molecule has 0 aromatic heterocycles. The van der Waals surface area contributed by atoms with Gasteiger partial charge in [0.25, 0.3) is 9.84 Å². The molecule has 0 aliphatic rings. The summed E-state index contributed by atoms with van der Waals surface area (Å²) in [5.74, 6) is 0. The van der Waals surface area contributed by atoms with Crippen molar-refractivity contribution in [3.8, 4) is 0 Å². The molecule has 0 radical (unpaired) electrons. The maximum Gasteiger partial charge on any atom is 0.501 e. The number of hydrogen-bond acceptors (Lipinski definition) is 4. The molecule has 4 nitrogen and oxygen atoms in total. The highest BCUT2D eigenvalue weighted by Crippen LogP contribution is 2.34. The summed E-state index contributed by atoms with van der Waals surface area (Å²) in [7, 11) is -5.37. The average Bonchev–Trinajstić information content (AvgIpc) is 2.35. The molecule has 3 N–H and O–H groups in total. The Balaban J connectivity index is 3.24. The van der Waals surface area contributed by atoms with Crippen LogP contribution in [0.25, 0.3) is 0 Å². The summed E-state index contributed by atoms with van der Waals surface area (Å²) < 4.78 is 60.6. The normalized spacial score (nSPS) is 14.2. The van der Waals surface area contributed by atoms with Gasteiger partial charge in [-0.2, -0.15) is 13.2 Å². The topological polar surface area (TPSA) is 72.2 Å². The van der Waals surface area contributed by atoms with Crippen molar-refractivity contribution < 1.29 is 21.6 Å². The minimum absolute atomic E-state index is 0.0860. The second-order valence-corrected chi connectivity index (χ2v) is 5.84. The van der Waals surface area contributed by atoms with Gasteiger partial charge >= 0.3 is 5.51 Å². The van der Waals surface area contributed by atoms with Gasteiger partial charge in [-0.1, -0.05) is 19.1 Å². The van der Waals surface area contributed by atoms with E-state index in [9.17, 15) is 21.6 Å². The second kappa shape index (κ2) is 5.79. The van der Waals surface area contributed by atoms with Crippen molar-refractivity contribution in [3.05, 3.63) is 24.3 Å². The highest BCUT2D eigenvalue weighted by Gasteiger charge is 2.47. The van der Waals surface area contributed by atoms with Crippen LogP contribution in [-0.4, -0.2) is 26.5 Å². The largest absolute Gasteiger partial charge is 0.501 e. The van der Waals surface area contributed by atoms with Gasteiger partial charge in [-0.25, -0.2) is 8.42 Å². The van der Waals surface area contributed by atoms with Gasteiger partial charge in [-0.15, -0.1) is 0 Å². The molecule has 0 amide bonds. The van der Waals surface area contributed by atoms with Crippen LogP contribution in [-0.2, 0) is 9.84 Å². The van der Waals surface area contributed by atoms with E-state index < -0.39 is 20.2 Å². The van der Waals surface area contributed by atoms with Gasteiger partial charge < -0.3 is 11.1 Å². The minimum atomic E-state index is -5.37. The van der Waals surface area contributed by atoms with Crippen LogP contribution in [0.4, 0.5) is 18.9 Å². The average molecular weight is 296 g/mol. The molecule has 108 valence electrons. The third-order valence-electron chi connectivity index (χ3n) is 2.62. The van der Waals surface area contributed by atoms with E-state index >= 15 is 0 Å². The fraction of sp³-hybridized carbons (Fsp3) is 0.455. The molecule has 1 aromatic carbocycles. The summed E-state index contributed by atoms with van der Waals surface area (Å²) in [5.41, 5.74) is 0.0317. The molecule has 1 atom stereocenters. The Hall–Kier alpha value is -1.28. The number of anilines is 1. The van der Waals surface area contributed by atoms with Crippen LogP contribution in [0.1, 0.15) is 13.3 Å². The Kier molecular flexibility index (Phi) is 4.81. The lowest BCUT2D eigenvalue weighted by Crippen LogP contribution is -2.30. The van der Waals surface area contributed by atoms with E-state index in [1.165, 1.54) is 18.2 Å². The zero-order valence-electron chi connectivity index (χ0n) is 10.2. The molecule has 0 bridgehead atoms. The lowest BCUT2D eigenvalue weighted by Gasteiger charge is -2.19. The Labute approximate surface area is 109 Å². The molecule has 1 rings (SSSR count). The zero-order valence-corrected chi connectivity index (χ0v) is 11.1. The van der Waals surface area contributed by atoms with Crippen molar-refractivity contribution in [2.45, 2.75) is 29.8 Å². The molecule has 0 heterocycles. The maximum atomic E-state index is 12.6. The predicted octanol–water partition coefficient (Wildman–Crippen LogP) is 2.13. The second-order valence-electron chi connectivity index (χ2n) is 3.93. The Morgan fingerprint density at radius 2 is 1.89 bits per heavy atom. The van der Waals surface area contributed by atoms with Crippen LogP contribution in [0, 0.1) is 0 Å². The molecule has 0 aliphatic heterocycles. The molecule has 19 heavy (non-hydrogen) atoms. The number of sulfone groups is 1. The highest BCUT2D eigenvalue weighted by atomic mass is 32.2. The van der Waals surface area contributed by atoms with Crippen LogP contribution in [0.2, 0.25) is 0 Å². The number of benzene rings is 1. The van der Waals surface area contributed by atoms with E-state index in [4.69, 9.17) is 5.73 Å². The lowest BCUT2D eigenvalue weighted by molar-refractivity contribution is -0.0435. The van der Waals surface area contributed by atoms with Crippen molar-refractivity contribution >= 4 is 15.5 Å². The smallest absolute Gasteiger partial charge is 0.380 e. The molecule has 8 heteroatoms. The summed E-state index contributed by atoms with van der Waals surface area (Å²) >= 11 is 0. The van der Waals surface area contributed by atoms with E-state index in [-0.39, 0.29) is 18.3 Å². The number of nitrogens with one attached hydrogen (secondary N) is 1. The summed E-state index contributed by atoms with van der Waals surface area (Å²) in [6, 6.07) is 4.63. The first kappa shape index (κ1) is 15.8. The van der Waals surface area contributed by atoms with Crippen LogP contribution >= 0.6 is 0 Å². The molecule has 0 saturated heterocycles. The van der Waals surface area contributed by atoms with E-state index in [2.05, 4.69) is 5.32 Å². The van der Waals surface area contributed by atoms with Crippen molar-refractivity contribution in [1.29, 1.82) is 0 Å². The van der Waals surface area contributed by atoms with Crippen molar-refractivity contribution in [3.63, 3.8) is 0 Å². The summed E-state index contributed by atoms with van der Waals surface area (Å²) in [4.78, 5) is -0.783. The number of hydrogen-bond donors (Lipinski definition) is 2. The third-order valence-corrected chi connectivity index (χ3v) is 4.16. The summed E-state index contributed by atoms with van der Waals surface area (Å²) in [6.45, 7) is 1.99. The molecule has 0 spiro atoms. The Morgan fingerprint density at radius 1 is 1.32 bits per heavy atom. The third kappa shape index (κ3) is 3.38. The van der Waals surface area contributed by atoms with Crippen LogP contribution < -0.4 is 11.1 Å². The van der Waals surface area contributed by atoms with Crippen LogP contribution in [0.3, 0.4) is 0 Å². The van der Waals surface area contributed by atoms with Gasteiger partial charge in [-0.05, 0) is 18.6 Å². The number of nitrogens with two attached hydrogens (primary N) is 1. The number of rotatable bonds is 5. The molecule has 1 aromatic rings. The van der Waals surface area contributed by atoms with Gasteiger partial charge in [0.05, 0.1) is 10.6 Å². The van der Waals surface area contributed by atoms with E-state index in [0.29, 0.717) is 6.42 Å². The molecule has 0 saturated carbocycles. The number of halogens is 3. The van der Waals surface area contributed by atoms with Crippen molar-refractivity contribution in [2.24, 2.45) is 5.73 Å².